The molecule has 0 spiro atoms. The molecule has 28 heavy (non-hydrogen) atoms. The van der Waals surface area contributed by atoms with Crippen molar-refractivity contribution in [3.63, 3.8) is 0 Å². The van der Waals surface area contributed by atoms with Crippen LogP contribution < -0.4 is 10.2 Å². The van der Waals surface area contributed by atoms with Crippen molar-refractivity contribution in [1.82, 2.24) is 14.7 Å². The summed E-state index contributed by atoms with van der Waals surface area (Å²) in [4.78, 5) is 17.4. The van der Waals surface area contributed by atoms with Crippen molar-refractivity contribution >= 4 is 10.9 Å². The van der Waals surface area contributed by atoms with Crippen molar-refractivity contribution in [2.24, 2.45) is 7.05 Å². The molecule has 0 radical (unpaired) electrons. The maximum atomic E-state index is 13.0. The molecule has 0 aliphatic rings. The Labute approximate surface area is 162 Å². The lowest BCUT2D eigenvalue weighted by molar-refractivity contribution is 0.242. The lowest BCUT2D eigenvalue weighted by atomic mass is 10.1. The number of nitrogens with zero attached hydrogens (tertiary/aromatic N) is 3. The molecular formula is C22H21N3O3. The van der Waals surface area contributed by atoms with E-state index in [0.29, 0.717) is 16.8 Å². The molecular weight excluding hydrogens is 354 g/mol. The van der Waals surface area contributed by atoms with Gasteiger partial charge in [0.1, 0.15) is 11.3 Å². The van der Waals surface area contributed by atoms with Gasteiger partial charge in [-0.05, 0) is 57.2 Å². The van der Waals surface area contributed by atoms with Crippen LogP contribution in [0.1, 0.15) is 19.4 Å². The van der Waals surface area contributed by atoms with Crippen molar-refractivity contribution in [3.8, 4) is 28.6 Å². The zero-order valence-corrected chi connectivity index (χ0v) is 16.3. The first-order chi connectivity index (χ1) is 13.4. The van der Waals surface area contributed by atoms with Crippen LogP contribution in [0.4, 0.5) is 0 Å². The van der Waals surface area contributed by atoms with E-state index >= 15 is 0 Å². The minimum absolute atomic E-state index is 0.107. The first kappa shape index (κ1) is 18.0. The van der Waals surface area contributed by atoms with Gasteiger partial charge in [0, 0.05) is 24.2 Å². The fourth-order valence-corrected chi connectivity index (χ4v) is 3.16. The average molecular weight is 375 g/mol. The van der Waals surface area contributed by atoms with Crippen molar-refractivity contribution in [3.05, 3.63) is 64.4 Å². The average Bonchev–Trinajstić information content (AvgIpc) is 3.14. The number of hydrogen-bond donors (Lipinski definition) is 0. The topological polar surface area (TPSA) is 70.2 Å². The van der Waals surface area contributed by atoms with Gasteiger partial charge < -0.3 is 13.8 Å². The highest BCUT2D eigenvalue weighted by Crippen LogP contribution is 2.24. The number of hydrogen-bond acceptors (Lipinski definition) is 5. The van der Waals surface area contributed by atoms with Crippen LogP contribution in [-0.4, -0.2) is 20.8 Å². The number of rotatable bonds is 4. The van der Waals surface area contributed by atoms with E-state index in [1.54, 1.807) is 6.20 Å². The van der Waals surface area contributed by atoms with Crippen molar-refractivity contribution in [2.75, 3.05) is 0 Å². The minimum atomic E-state index is -0.118. The van der Waals surface area contributed by atoms with Gasteiger partial charge in [-0.1, -0.05) is 16.8 Å². The standard InChI is InChI=1S/C22H21N3O3/c1-13(2)27-16-8-6-15(7-9-16)21-23-22(28-24-21)18-12-25(4)19-10-5-14(3)11-17(19)20(18)26/h5-13H,1-4H3. The largest absolute Gasteiger partial charge is 0.491 e. The molecule has 4 aromatic rings. The third-order valence-corrected chi connectivity index (χ3v) is 4.48. The summed E-state index contributed by atoms with van der Waals surface area (Å²) in [5.74, 6) is 1.42. The Morgan fingerprint density at radius 1 is 1.11 bits per heavy atom. The van der Waals surface area contributed by atoms with Crippen LogP contribution >= 0.6 is 0 Å². The second-order valence-electron chi connectivity index (χ2n) is 7.12. The van der Waals surface area contributed by atoms with E-state index in [2.05, 4.69) is 10.1 Å². The van der Waals surface area contributed by atoms with Gasteiger partial charge in [-0.3, -0.25) is 4.79 Å². The Balaban J connectivity index is 1.73. The Bertz CT molecular complexity index is 1200. The molecule has 0 fully saturated rings. The van der Waals surface area contributed by atoms with Gasteiger partial charge in [0.25, 0.3) is 5.89 Å². The van der Waals surface area contributed by atoms with Crippen LogP contribution in [0.25, 0.3) is 33.7 Å². The Hall–Kier alpha value is -3.41. The van der Waals surface area contributed by atoms with Gasteiger partial charge in [-0.2, -0.15) is 4.98 Å². The van der Waals surface area contributed by atoms with E-state index in [4.69, 9.17) is 9.26 Å². The van der Waals surface area contributed by atoms with E-state index in [-0.39, 0.29) is 17.4 Å². The number of benzene rings is 2. The Kier molecular flexibility index (Phi) is 4.47. The summed E-state index contributed by atoms with van der Waals surface area (Å²) in [7, 11) is 1.89. The summed E-state index contributed by atoms with van der Waals surface area (Å²) < 4.78 is 13.0. The normalized spacial score (nSPS) is 11.3. The molecule has 0 aliphatic carbocycles. The minimum Gasteiger partial charge on any atom is -0.491 e. The first-order valence-electron chi connectivity index (χ1n) is 9.13. The highest BCUT2D eigenvalue weighted by atomic mass is 16.5. The molecule has 4 rings (SSSR count). The van der Waals surface area contributed by atoms with E-state index in [0.717, 1.165) is 22.4 Å². The molecule has 0 unspecified atom stereocenters. The zero-order valence-electron chi connectivity index (χ0n) is 16.3. The number of ether oxygens (including phenoxy) is 1. The van der Waals surface area contributed by atoms with Gasteiger partial charge in [-0.25, -0.2) is 0 Å². The lowest BCUT2D eigenvalue weighted by Gasteiger charge is -2.09. The predicted molar refractivity (Wildman–Crippen MR) is 108 cm³/mol. The van der Waals surface area contributed by atoms with Crippen LogP contribution in [0, 0.1) is 6.92 Å². The van der Waals surface area contributed by atoms with Crippen LogP contribution in [0.15, 0.2) is 58.0 Å². The molecule has 0 aliphatic heterocycles. The summed E-state index contributed by atoms with van der Waals surface area (Å²) in [6.07, 6.45) is 1.84. The second kappa shape index (κ2) is 6.96. The van der Waals surface area contributed by atoms with Gasteiger partial charge in [0.05, 0.1) is 11.6 Å². The quantitative estimate of drug-likeness (QED) is 0.530. The summed E-state index contributed by atoms with van der Waals surface area (Å²) >= 11 is 0. The molecule has 6 nitrogen and oxygen atoms in total. The van der Waals surface area contributed by atoms with Gasteiger partial charge in [0.15, 0.2) is 0 Å². The summed E-state index contributed by atoms with van der Waals surface area (Å²) in [5, 5.41) is 4.68. The smallest absolute Gasteiger partial charge is 0.263 e. The molecule has 142 valence electrons. The molecule has 6 heteroatoms. The number of fused-ring (bicyclic) bond motifs is 1. The summed E-state index contributed by atoms with van der Waals surface area (Å²) in [6, 6.07) is 13.3. The summed E-state index contributed by atoms with van der Waals surface area (Å²) in [5.41, 5.74) is 2.95. The second-order valence-corrected chi connectivity index (χ2v) is 7.12. The number of aromatic nitrogens is 3. The highest BCUT2D eigenvalue weighted by molar-refractivity contribution is 5.83. The lowest BCUT2D eigenvalue weighted by Crippen LogP contribution is -2.10. The van der Waals surface area contributed by atoms with Crippen LogP contribution in [0.5, 0.6) is 5.75 Å². The van der Waals surface area contributed by atoms with Crippen LogP contribution in [-0.2, 0) is 7.05 Å². The molecule has 0 bridgehead atoms. The molecule has 0 saturated heterocycles. The Morgan fingerprint density at radius 2 is 1.86 bits per heavy atom. The van der Waals surface area contributed by atoms with Crippen molar-refractivity contribution in [2.45, 2.75) is 26.9 Å². The van der Waals surface area contributed by atoms with Crippen molar-refractivity contribution in [1.29, 1.82) is 0 Å². The van der Waals surface area contributed by atoms with Crippen molar-refractivity contribution < 1.29 is 9.26 Å². The molecule has 0 saturated carbocycles. The van der Waals surface area contributed by atoms with E-state index < -0.39 is 0 Å². The third-order valence-electron chi connectivity index (χ3n) is 4.48. The first-order valence-corrected chi connectivity index (χ1v) is 9.13. The maximum Gasteiger partial charge on any atom is 0.263 e. The SMILES string of the molecule is Cc1ccc2c(c1)c(=O)c(-c1nc(-c3ccc(OC(C)C)cc3)no1)cn2C. The fraction of sp³-hybridized carbons (Fsp3) is 0.227. The molecule has 0 amide bonds. The van der Waals surface area contributed by atoms with E-state index in [9.17, 15) is 4.79 Å². The van der Waals surface area contributed by atoms with E-state index in [1.165, 1.54) is 0 Å². The van der Waals surface area contributed by atoms with Gasteiger partial charge in [-0.15, -0.1) is 0 Å². The molecule has 0 N–H and O–H groups in total. The summed E-state index contributed by atoms with van der Waals surface area (Å²) in [6.45, 7) is 5.92. The van der Waals surface area contributed by atoms with Gasteiger partial charge >= 0.3 is 0 Å². The zero-order chi connectivity index (χ0) is 19.8. The molecule has 2 aromatic carbocycles. The highest BCUT2D eigenvalue weighted by Gasteiger charge is 2.16. The maximum absolute atomic E-state index is 13.0. The van der Waals surface area contributed by atoms with Gasteiger partial charge in [0.2, 0.25) is 11.3 Å². The number of aryl methyl sites for hydroxylation is 2. The number of pyridine rings is 1. The molecule has 0 atom stereocenters. The Morgan fingerprint density at radius 3 is 2.57 bits per heavy atom. The fourth-order valence-electron chi connectivity index (χ4n) is 3.16. The van der Waals surface area contributed by atoms with Crippen LogP contribution in [0.2, 0.25) is 0 Å². The third kappa shape index (κ3) is 3.29. The molecule has 2 heterocycles. The monoisotopic (exact) mass is 375 g/mol. The van der Waals surface area contributed by atoms with Crippen LogP contribution in [0.3, 0.4) is 0 Å². The molecule has 2 aromatic heterocycles. The predicted octanol–water partition coefficient (Wildman–Crippen LogP) is 4.35. The van der Waals surface area contributed by atoms with E-state index in [1.807, 2.05) is 74.9 Å².